The summed E-state index contributed by atoms with van der Waals surface area (Å²) in [6.45, 7) is 9.63. The van der Waals surface area contributed by atoms with Gasteiger partial charge in [-0.3, -0.25) is 4.79 Å². The molecule has 0 spiro atoms. The predicted molar refractivity (Wildman–Crippen MR) is 85.0 cm³/mol. The molecule has 1 saturated heterocycles. The van der Waals surface area contributed by atoms with Crippen LogP contribution in [0.15, 0.2) is 23.1 Å². The second-order valence-electron chi connectivity index (χ2n) is 6.54. The van der Waals surface area contributed by atoms with Crippen molar-refractivity contribution in [2.75, 3.05) is 13.6 Å². The minimum atomic E-state index is -0.477. The molecule has 1 N–H and O–H groups in total. The molecule has 5 nitrogen and oxygen atoms in total. The average molecular weight is 292 g/mol. The Morgan fingerprint density at radius 2 is 1.86 bits per heavy atom. The molecule has 0 bridgehead atoms. The first kappa shape index (κ1) is 16.3. The van der Waals surface area contributed by atoms with Gasteiger partial charge in [-0.25, -0.2) is 0 Å². The van der Waals surface area contributed by atoms with E-state index in [0.29, 0.717) is 6.54 Å². The maximum absolute atomic E-state index is 12.1. The van der Waals surface area contributed by atoms with Crippen molar-refractivity contribution >= 4 is 12.6 Å². The fourth-order valence-corrected chi connectivity index (χ4v) is 2.26. The van der Waals surface area contributed by atoms with Gasteiger partial charge in [0, 0.05) is 18.8 Å². The molecule has 1 fully saturated rings. The van der Waals surface area contributed by atoms with Crippen molar-refractivity contribution in [2.45, 2.75) is 51.9 Å². The van der Waals surface area contributed by atoms with Gasteiger partial charge in [0.2, 0.25) is 5.56 Å². The zero-order valence-electron chi connectivity index (χ0n) is 13.6. The Morgan fingerprint density at radius 3 is 2.38 bits per heavy atom. The van der Waals surface area contributed by atoms with Crippen molar-refractivity contribution in [2.24, 2.45) is 0 Å². The standard InChI is InChI=1S/C15H25BN2O3/c1-14(2)15(3,4)21-16(20-14)12-7-10-18(13(19)11-12)9-6-8-17-5/h7,10-11,17H,6,8-9H2,1-5H3. The molecule has 116 valence electrons. The van der Waals surface area contributed by atoms with Gasteiger partial charge in [-0.15, -0.1) is 0 Å². The van der Waals surface area contributed by atoms with Crippen LogP contribution in [0.1, 0.15) is 34.1 Å². The molecular weight excluding hydrogens is 267 g/mol. The fourth-order valence-electron chi connectivity index (χ4n) is 2.26. The predicted octanol–water partition coefficient (Wildman–Crippen LogP) is 0.757. The Hall–Kier alpha value is -1.11. The van der Waals surface area contributed by atoms with E-state index >= 15 is 0 Å². The van der Waals surface area contributed by atoms with Crippen molar-refractivity contribution in [3.63, 3.8) is 0 Å². The quantitative estimate of drug-likeness (QED) is 0.643. The van der Waals surface area contributed by atoms with Gasteiger partial charge in [0.05, 0.1) is 11.2 Å². The maximum Gasteiger partial charge on any atom is 0.495 e. The largest absolute Gasteiger partial charge is 0.495 e. The second kappa shape index (κ2) is 5.95. The van der Waals surface area contributed by atoms with Gasteiger partial charge < -0.3 is 19.2 Å². The number of nitrogens with one attached hydrogen (secondary N) is 1. The number of hydrogen-bond donors (Lipinski definition) is 1. The lowest BCUT2D eigenvalue weighted by Crippen LogP contribution is -2.41. The van der Waals surface area contributed by atoms with E-state index in [9.17, 15) is 4.79 Å². The van der Waals surface area contributed by atoms with Gasteiger partial charge in [0.15, 0.2) is 0 Å². The Labute approximate surface area is 126 Å². The highest BCUT2D eigenvalue weighted by Gasteiger charge is 2.51. The van der Waals surface area contributed by atoms with E-state index in [2.05, 4.69) is 5.32 Å². The molecular formula is C15H25BN2O3. The summed E-state index contributed by atoms with van der Waals surface area (Å²) in [7, 11) is 1.43. The van der Waals surface area contributed by atoms with E-state index in [4.69, 9.17) is 9.31 Å². The summed E-state index contributed by atoms with van der Waals surface area (Å²) in [6, 6.07) is 3.52. The van der Waals surface area contributed by atoms with Gasteiger partial charge in [-0.05, 0) is 59.2 Å². The van der Waals surface area contributed by atoms with E-state index < -0.39 is 7.12 Å². The van der Waals surface area contributed by atoms with E-state index in [0.717, 1.165) is 18.4 Å². The highest BCUT2D eigenvalue weighted by atomic mass is 16.7. The molecule has 0 radical (unpaired) electrons. The molecule has 1 aromatic rings. The van der Waals surface area contributed by atoms with Crippen molar-refractivity contribution in [3.8, 4) is 0 Å². The molecule has 6 heteroatoms. The summed E-state index contributed by atoms with van der Waals surface area (Å²) in [6.07, 6.45) is 2.74. The smallest absolute Gasteiger partial charge is 0.399 e. The lowest BCUT2D eigenvalue weighted by Gasteiger charge is -2.32. The normalized spacial score (nSPS) is 20.0. The van der Waals surface area contributed by atoms with Crippen LogP contribution in [0.3, 0.4) is 0 Å². The van der Waals surface area contributed by atoms with Crippen LogP contribution in [-0.2, 0) is 15.9 Å². The van der Waals surface area contributed by atoms with Crippen molar-refractivity contribution in [3.05, 3.63) is 28.7 Å². The van der Waals surface area contributed by atoms with Crippen LogP contribution in [0.5, 0.6) is 0 Å². The Bertz CT molecular complexity index is 538. The van der Waals surface area contributed by atoms with Crippen LogP contribution in [0.25, 0.3) is 0 Å². The number of aryl methyl sites for hydroxylation is 1. The molecule has 2 rings (SSSR count). The third kappa shape index (κ3) is 3.39. The molecule has 0 aromatic carbocycles. The molecule has 2 heterocycles. The Balaban J connectivity index is 2.13. The van der Waals surface area contributed by atoms with E-state index in [1.807, 2.05) is 47.0 Å². The summed E-state index contributed by atoms with van der Waals surface area (Å²) in [5.74, 6) is 0. The first-order valence-corrected chi connectivity index (χ1v) is 7.47. The average Bonchev–Trinajstić information content (AvgIpc) is 2.60. The van der Waals surface area contributed by atoms with Crippen LogP contribution >= 0.6 is 0 Å². The molecule has 0 unspecified atom stereocenters. The number of nitrogens with zero attached hydrogens (tertiary/aromatic N) is 1. The number of pyridine rings is 1. The highest BCUT2D eigenvalue weighted by Crippen LogP contribution is 2.36. The zero-order chi connectivity index (χ0) is 15.7. The fraction of sp³-hybridized carbons (Fsp3) is 0.667. The third-order valence-electron chi connectivity index (χ3n) is 4.37. The first-order chi connectivity index (χ1) is 9.77. The lowest BCUT2D eigenvalue weighted by atomic mass is 9.80. The Kier molecular flexibility index (Phi) is 4.61. The molecule has 1 aliphatic rings. The van der Waals surface area contributed by atoms with Crippen molar-refractivity contribution in [1.82, 2.24) is 9.88 Å². The second-order valence-corrected chi connectivity index (χ2v) is 6.54. The van der Waals surface area contributed by atoms with Crippen LogP contribution in [0, 0.1) is 0 Å². The number of aromatic nitrogens is 1. The van der Waals surface area contributed by atoms with Crippen LogP contribution < -0.4 is 16.3 Å². The minimum Gasteiger partial charge on any atom is -0.399 e. The van der Waals surface area contributed by atoms with E-state index in [1.165, 1.54) is 0 Å². The minimum absolute atomic E-state index is 0.0154. The summed E-state index contributed by atoms with van der Waals surface area (Å²) < 4.78 is 13.6. The molecule has 1 aromatic heterocycles. The van der Waals surface area contributed by atoms with Crippen molar-refractivity contribution < 1.29 is 9.31 Å². The lowest BCUT2D eigenvalue weighted by molar-refractivity contribution is 0.00578. The van der Waals surface area contributed by atoms with E-state index in [-0.39, 0.29) is 16.8 Å². The molecule has 1 aliphatic heterocycles. The highest BCUT2D eigenvalue weighted by molar-refractivity contribution is 6.62. The molecule has 0 saturated carbocycles. The first-order valence-electron chi connectivity index (χ1n) is 7.47. The van der Waals surface area contributed by atoms with Gasteiger partial charge in [-0.1, -0.05) is 0 Å². The zero-order valence-corrected chi connectivity index (χ0v) is 13.6. The SMILES string of the molecule is CNCCCn1ccc(B2OC(C)(C)C(C)(C)O2)cc1=O. The molecule has 21 heavy (non-hydrogen) atoms. The summed E-state index contributed by atoms with van der Waals surface area (Å²) in [5.41, 5.74) is -0.0135. The van der Waals surface area contributed by atoms with Gasteiger partial charge in [0.25, 0.3) is 0 Å². The van der Waals surface area contributed by atoms with Crippen LogP contribution in [0.4, 0.5) is 0 Å². The molecule has 0 amide bonds. The Morgan fingerprint density at radius 1 is 1.24 bits per heavy atom. The van der Waals surface area contributed by atoms with Crippen molar-refractivity contribution in [1.29, 1.82) is 0 Å². The van der Waals surface area contributed by atoms with Crippen LogP contribution in [-0.4, -0.2) is 36.5 Å². The monoisotopic (exact) mass is 292 g/mol. The number of rotatable bonds is 5. The molecule has 0 aliphatic carbocycles. The maximum atomic E-state index is 12.1. The number of hydrogen-bond acceptors (Lipinski definition) is 4. The summed E-state index contributed by atoms with van der Waals surface area (Å²) >= 11 is 0. The van der Waals surface area contributed by atoms with E-state index in [1.54, 1.807) is 10.6 Å². The van der Waals surface area contributed by atoms with Gasteiger partial charge in [-0.2, -0.15) is 0 Å². The van der Waals surface area contributed by atoms with Gasteiger partial charge >= 0.3 is 7.12 Å². The summed E-state index contributed by atoms with van der Waals surface area (Å²) in [5, 5.41) is 3.08. The van der Waals surface area contributed by atoms with Crippen LogP contribution in [0.2, 0.25) is 0 Å². The summed E-state index contributed by atoms with van der Waals surface area (Å²) in [4.78, 5) is 12.1. The topological polar surface area (TPSA) is 52.5 Å². The third-order valence-corrected chi connectivity index (χ3v) is 4.37. The van der Waals surface area contributed by atoms with Gasteiger partial charge in [0.1, 0.15) is 0 Å². The molecule has 0 atom stereocenters.